The van der Waals surface area contributed by atoms with Gasteiger partial charge in [0, 0.05) is 11.4 Å². The maximum atomic E-state index is 12.7. The van der Waals surface area contributed by atoms with Gasteiger partial charge in [0.25, 0.3) is 5.91 Å². The van der Waals surface area contributed by atoms with Crippen molar-refractivity contribution < 1.29 is 14.3 Å². The first-order chi connectivity index (χ1) is 13.0. The molecule has 142 valence electrons. The number of para-hydroxylation sites is 1. The molecule has 0 spiro atoms. The van der Waals surface area contributed by atoms with Crippen molar-refractivity contribution in [2.75, 3.05) is 22.6 Å². The molecule has 3 N–H and O–H groups in total. The van der Waals surface area contributed by atoms with Gasteiger partial charge in [0.15, 0.2) is 6.61 Å². The van der Waals surface area contributed by atoms with Gasteiger partial charge in [-0.2, -0.15) is 0 Å². The average molecular weight is 367 g/mol. The smallest absolute Gasteiger partial charge is 0.262 e. The lowest BCUT2D eigenvalue weighted by molar-refractivity contribution is -0.118. The normalized spacial score (nSPS) is 15.0. The summed E-state index contributed by atoms with van der Waals surface area (Å²) in [6.07, 6.45) is 1.00. The first kappa shape index (κ1) is 18.8. The van der Waals surface area contributed by atoms with Crippen LogP contribution in [-0.2, 0) is 9.59 Å². The first-order valence-electron chi connectivity index (χ1n) is 9.21. The second-order valence-electron chi connectivity index (χ2n) is 6.80. The van der Waals surface area contributed by atoms with Crippen LogP contribution in [0.15, 0.2) is 42.5 Å². The van der Waals surface area contributed by atoms with Gasteiger partial charge in [-0.1, -0.05) is 32.0 Å². The third-order valence-corrected chi connectivity index (χ3v) is 4.75. The van der Waals surface area contributed by atoms with E-state index in [4.69, 9.17) is 4.74 Å². The molecule has 0 radical (unpaired) electrons. The summed E-state index contributed by atoms with van der Waals surface area (Å²) in [5.74, 6) is 0.685. The van der Waals surface area contributed by atoms with E-state index in [0.29, 0.717) is 17.4 Å². The van der Waals surface area contributed by atoms with Gasteiger partial charge in [-0.25, -0.2) is 0 Å². The Labute approximate surface area is 159 Å². The van der Waals surface area contributed by atoms with Crippen molar-refractivity contribution in [2.45, 2.75) is 39.2 Å². The van der Waals surface area contributed by atoms with E-state index in [9.17, 15) is 9.59 Å². The van der Waals surface area contributed by atoms with Gasteiger partial charge in [0.2, 0.25) is 5.91 Å². The van der Waals surface area contributed by atoms with Gasteiger partial charge in [0.1, 0.15) is 11.8 Å². The number of hydrogen-bond donors (Lipinski definition) is 3. The summed E-state index contributed by atoms with van der Waals surface area (Å²) >= 11 is 0. The molecule has 1 aliphatic rings. The molecule has 0 aromatic heterocycles. The molecule has 0 fully saturated rings. The molecule has 0 saturated carbocycles. The zero-order valence-corrected chi connectivity index (χ0v) is 15.8. The Morgan fingerprint density at radius 2 is 2.00 bits per heavy atom. The summed E-state index contributed by atoms with van der Waals surface area (Å²) < 4.78 is 5.35. The van der Waals surface area contributed by atoms with E-state index in [-0.39, 0.29) is 18.4 Å². The summed E-state index contributed by atoms with van der Waals surface area (Å²) in [6.45, 7) is 6.10. The molecule has 6 nitrogen and oxygen atoms in total. The van der Waals surface area contributed by atoms with Crippen molar-refractivity contribution in [1.82, 2.24) is 0 Å². The Kier molecular flexibility index (Phi) is 5.64. The molecule has 27 heavy (non-hydrogen) atoms. The molecule has 1 aliphatic heterocycles. The third-order valence-electron chi connectivity index (χ3n) is 4.75. The highest BCUT2D eigenvalue weighted by Gasteiger charge is 2.19. The van der Waals surface area contributed by atoms with Crippen LogP contribution in [-0.4, -0.2) is 24.5 Å². The number of amides is 2. The average Bonchev–Trinajstić information content (AvgIpc) is 2.67. The van der Waals surface area contributed by atoms with Crippen molar-refractivity contribution >= 4 is 28.9 Å². The standard InChI is InChI=1S/C21H25N3O3/c1-4-13(2)16-7-5-6-8-17(16)24-21(26)14(3)22-15-9-10-19-18(11-15)23-20(25)12-27-19/h5-11,13-14,22H,4,12H2,1-3H3,(H,23,25)(H,24,26)/t13-,14+/m1/s1. The quantitative estimate of drug-likeness (QED) is 0.722. The Morgan fingerprint density at radius 3 is 2.78 bits per heavy atom. The highest BCUT2D eigenvalue weighted by Crippen LogP contribution is 2.31. The Bertz CT molecular complexity index is 850. The van der Waals surface area contributed by atoms with Gasteiger partial charge < -0.3 is 20.7 Å². The zero-order chi connectivity index (χ0) is 19.4. The van der Waals surface area contributed by atoms with E-state index in [1.165, 1.54) is 0 Å². The lowest BCUT2D eigenvalue weighted by Gasteiger charge is -2.21. The largest absolute Gasteiger partial charge is 0.482 e. The molecule has 6 heteroatoms. The summed E-state index contributed by atoms with van der Waals surface area (Å²) in [6, 6.07) is 12.8. The molecular weight excluding hydrogens is 342 g/mol. The van der Waals surface area contributed by atoms with Gasteiger partial charge in [0.05, 0.1) is 5.69 Å². The van der Waals surface area contributed by atoms with Crippen LogP contribution in [0.3, 0.4) is 0 Å². The van der Waals surface area contributed by atoms with Crippen LogP contribution in [0, 0.1) is 0 Å². The van der Waals surface area contributed by atoms with E-state index < -0.39 is 6.04 Å². The van der Waals surface area contributed by atoms with Crippen LogP contribution in [0.25, 0.3) is 0 Å². The van der Waals surface area contributed by atoms with Crippen LogP contribution in [0.1, 0.15) is 38.7 Å². The highest BCUT2D eigenvalue weighted by atomic mass is 16.5. The van der Waals surface area contributed by atoms with Crippen LogP contribution < -0.4 is 20.7 Å². The predicted octanol–water partition coefficient (Wildman–Crippen LogP) is 3.97. The number of fused-ring (bicyclic) bond motifs is 1. The maximum Gasteiger partial charge on any atom is 0.262 e. The minimum atomic E-state index is -0.451. The number of carbonyl (C=O) groups excluding carboxylic acids is 2. The third kappa shape index (κ3) is 4.39. The molecule has 0 saturated heterocycles. The fraction of sp³-hybridized carbons (Fsp3) is 0.333. The molecule has 2 amide bonds. The number of benzene rings is 2. The van der Waals surface area contributed by atoms with E-state index in [2.05, 4.69) is 29.8 Å². The van der Waals surface area contributed by atoms with Crippen molar-refractivity contribution in [2.24, 2.45) is 0 Å². The molecule has 0 aliphatic carbocycles. The van der Waals surface area contributed by atoms with Crippen LogP contribution in [0.4, 0.5) is 17.1 Å². The fourth-order valence-corrected chi connectivity index (χ4v) is 2.99. The van der Waals surface area contributed by atoms with Gasteiger partial charge in [-0.05, 0) is 49.1 Å². The molecule has 2 aromatic rings. The summed E-state index contributed by atoms with van der Waals surface area (Å²) in [5.41, 5.74) is 3.31. The number of ether oxygens (including phenoxy) is 1. The minimum Gasteiger partial charge on any atom is -0.482 e. The number of anilines is 3. The molecule has 2 atom stereocenters. The maximum absolute atomic E-state index is 12.7. The van der Waals surface area contributed by atoms with E-state index in [1.807, 2.05) is 30.3 Å². The molecule has 2 aromatic carbocycles. The number of hydrogen-bond acceptors (Lipinski definition) is 4. The van der Waals surface area contributed by atoms with E-state index >= 15 is 0 Å². The van der Waals surface area contributed by atoms with Crippen molar-refractivity contribution in [3.8, 4) is 5.75 Å². The molecule has 1 heterocycles. The Morgan fingerprint density at radius 1 is 1.22 bits per heavy atom. The molecule has 3 rings (SSSR count). The van der Waals surface area contributed by atoms with Gasteiger partial charge >= 0.3 is 0 Å². The van der Waals surface area contributed by atoms with Crippen molar-refractivity contribution in [1.29, 1.82) is 0 Å². The number of carbonyl (C=O) groups is 2. The predicted molar refractivity (Wildman–Crippen MR) is 107 cm³/mol. The van der Waals surface area contributed by atoms with Crippen molar-refractivity contribution in [3.63, 3.8) is 0 Å². The van der Waals surface area contributed by atoms with E-state index in [0.717, 1.165) is 23.4 Å². The summed E-state index contributed by atoms with van der Waals surface area (Å²) in [7, 11) is 0. The van der Waals surface area contributed by atoms with Gasteiger partial charge in [-0.3, -0.25) is 9.59 Å². The second kappa shape index (κ2) is 8.12. The Balaban J connectivity index is 1.68. The summed E-state index contributed by atoms with van der Waals surface area (Å²) in [4.78, 5) is 24.1. The number of nitrogens with one attached hydrogen (secondary N) is 3. The molecule has 0 unspecified atom stereocenters. The SMILES string of the molecule is CC[C@@H](C)c1ccccc1NC(=O)[C@H](C)Nc1ccc2c(c1)NC(=O)CO2. The highest BCUT2D eigenvalue weighted by molar-refractivity contribution is 5.98. The van der Waals surface area contributed by atoms with Crippen LogP contribution in [0.5, 0.6) is 5.75 Å². The topological polar surface area (TPSA) is 79.5 Å². The van der Waals surface area contributed by atoms with E-state index in [1.54, 1.807) is 19.1 Å². The lowest BCUT2D eigenvalue weighted by atomic mass is 9.97. The first-order valence-corrected chi connectivity index (χ1v) is 9.21. The molecule has 0 bridgehead atoms. The minimum absolute atomic E-state index is 0.0220. The zero-order valence-electron chi connectivity index (χ0n) is 15.8. The number of rotatable bonds is 6. The Hall–Kier alpha value is -3.02. The van der Waals surface area contributed by atoms with Gasteiger partial charge in [-0.15, -0.1) is 0 Å². The lowest BCUT2D eigenvalue weighted by Crippen LogP contribution is -2.32. The summed E-state index contributed by atoms with van der Waals surface area (Å²) in [5, 5.41) is 8.95. The second-order valence-corrected chi connectivity index (χ2v) is 6.80. The van der Waals surface area contributed by atoms with Crippen molar-refractivity contribution in [3.05, 3.63) is 48.0 Å². The van der Waals surface area contributed by atoms with Crippen LogP contribution in [0.2, 0.25) is 0 Å². The molecular formula is C21H25N3O3. The fourth-order valence-electron chi connectivity index (χ4n) is 2.99. The monoisotopic (exact) mass is 367 g/mol. The van der Waals surface area contributed by atoms with Crippen LogP contribution >= 0.6 is 0 Å².